The Morgan fingerprint density at radius 1 is 1.18 bits per heavy atom. The second-order valence-corrected chi connectivity index (χ2v) is 5.68. The van der Waals surface area contributed by atoms with Gasteiger partial charge in [-0.25, -0.2) is 4.98 Å². The minimum atomic E-state index is 0.412. The highest BCUT2D eigenvalue weighted by atomic mass is 15.2. The Morgan fingerprint density at radius 2 is 2.00 bits per heavy atom. The van der Waals surface area contributed by atoms with Crippen molar-refractivity contribution in [2.24, 2.45) is 0 Å². The van der Waals surface area contributed by atoms with E-state index in [4.69, 9.17) is 5.26 Å². The highest BCUT2D eigenvalue weighted by Crippen LogP contribution is 2.24. The first-order valence-electron chi connectivity index (χ1n) is 7.68. The van der Waals surface area contributed by atoms with Gasteiger partial charge < -0.3 is 9.80 Å². The second kappa shape index (κ2) is 6.48. The summed E-state index contributed by atoms with van der Waals surface area (Å²) < 4.78 is 0. The van der Waals surface area contributed by atoms with E-state index in [1.165, 1.54) is 12.1 Å². The third-order valence-corrected chi connectivity index (χ3v) is 4.28. The zero-order valence-electron chi connectivity index (χ0n) is 12.8. The van der Waals surface area contributed by atoms with Gasteiger partial charge >= 0.3 is 0 Å². The van der Waals surface area contributed by atoms with Gasteiger partial charge in [-0.15, -0.1) is 0 Å². The molecule has 0 radical (unpaired) electrons. The number of hydrogen-bond acceptors (Lipinski definition) is 4. The highest BCUT2D eigenvalue weighted by Gasteiger charge is 2.24. The number of benzene rings is 1. The van der Waals surface area contributed by atoms with Gasteiger partial charge in [0.2, 0.25) is 0 Å². The molecule has 22 heavy (non-hydrogen) atoms. The quantitative estimate of drug-likeness (QED) is 0.872. The summed E-state index contributed by atoms with van der Waals surface area (Å²) in [5.41, 5.74) is 1.75. The van der Waals surface area contributed by atoms with Crippen molar-refractivity contribution in [2.45, 2.75) is 18.9 Å². The zero-order chi connectivity index (χ0) is 15.4. The van der Waals surface area contributed by atoms with Gasteiger partial charge in [0.1, 0.15) is 17.6 Å². The molecule has 0 aliphatic carbocycles. The molecule has 0 bridgehead atoms. The first-order chi connectivity index (χ1) is 10.8. The molecule has 1 aliphatic rings. The van der Waals surface area contributed by atoms with E-state index in [1.807, 2.05) is 18.2 Å². The van der Waals surface area contributed by atoms with Crippen LogP contribution >= 0.6 is 0 Å². The van der Waals surface area contributed by atoms with E-state index in [9.17, 15) is 0 Å². The standard InChI is InChI=1S/C18H20N4/c1-21(18-11-5-7-15(13-19)20-18)17-10-6-12-22(14-17)16-8-3-2-4-9-16/h2-5,7-9,11,17H,6,10,12,14H2,1H3. The molecule has 0 amide bonds. The maximum atomic E-state index is 9.01. The molecule has 3 rings (SSSR count). The molecule has 1 atom stereocenters. The van der Waals surface area contributed by atoms with Crippen molar-refractivity contribution in [2.75, 3.05) is 29.9 Å². The lowest BCUT2D eigenvalue weighted by Crippen LogP contribution is -2.47. The fourth-order valence-corrected chi connectivity index (χ4v) is 3.01. The van der Waals surface area contributed by atoms with Crippen LogP contribution in [0.2, 0.25) is 0 Å². The minimum absolute atomic E-state index is 0.412. The predicted molar refractivity (Wildman–Crippen MR) is 89.0 cm³/mol. The van der Waals surface area contributed by atoms with Crippen LogP contribution < -0.4 is 9.80 Å². The Balaban J connectivity index is 1.75. The fourth-order valence-electron chi connectivity index (χ4n) is 3.01. The van der Waals surface area contributed by atoms with Crippen LogP contribution in [0.1, 0.15) is 18.5 Å². The number of nitriles is 1. The van der Waals surface area contributed by atoms with Crippen LogP contribution in [0.4, 0.5) is 11.5 Å². The van der Waals surface area contributed by atoms with E-state index in [2.05, 4.69) is 52.2 Å². The highest BCUT2D eigenvalue weighted by molar-refractivity contribution is 5.48. The summed E-state index contributed by atoms with van der Waals surface area (Å²) in [6.45, 7) is 2.08. The minimum Gasteiger partial charge on any atom is -0.369 e. The molecule has 1 aromatic carbocycles. The van der Waals surface area contributed by atoms with Crippen molar-refractivity contribution >= 4 is 11.5 Å². The van der Waals surface area contributed by atoms with Crippen molar-refractivity contribution in [3.05, 3.63) is 54.2 Å². The van der Waals surface area contributed by atoms with E-state index in [0.717, 1.165) is 25.3 Å². The summed E-state index contributed by atoms with van der Waals surface area (Å²) >= 11 is 0. The normalized spacial score (nSPS) is 17.8. The summed E-state index contributed by atoms with van der Waals surface area (Å²) in [7, 11) is 2.07. The van der Waals surface area contributed by atoms with Gasteiger partial charge in [0.05, 0.1) is 0 Å². The summed E-state index contributed by atoms with van der Waals surface area (Å²) in [5, 5.41) is 9.01. The number of rotatable bonds is 3. The Hall–Kier alpha value is -2.54. The lowest BCUT2D eigenvalue weighted by atomic mass is 10.0. The van der Waals surface area contributed by atoms with Crippen LogP contribution in [0.15, 0.2) is 48.5 Å². The number of likely N-dealkylation sites (N-methyl/N-ethyl adjacent to an activating group) is 1. The Bertz CT molecular complexity index is 662. The lowest BCUT2D eigenvalue weighted by Gasteiger charge is -2.39. The maximum Gasteiger partial charge on any atom is 0.142 e. The second-order valence-electron chi connectivity index (χ2n) is 5.68. The lowest BCUT2D eigenvalue weighted by molar-refractivity contribution is 0.486. The van der Waals surface area contributed by atoms with Crippen molar-refractivity contribution in [1.82, 2.24) is 4.98 Å². The van der Waals surface area contributed by atoms with Crippen LogP contribution in [-0.2, 0) is 0 Å². The third-order valence-electron chi connectivity index (χ3n) is 4.28. The molecule has 4 heteroatoms. The number of anilines is 2. The molecular weight excluding hydrogens is 272 g/mol. The van der Waals surface area contributed by atoms with Gasteiger partial charge in [-0.2, -0.15) is 5.26 Å². The van der Waals surface area contributed by atoms with Crippen LogP contribution in [0.3, 0.4) is 0 Å². The Labute approximate surface area is 131 Å². The van der Waals surface area contributed by atoms with Gasteiger partial charge in [-0.1, -0.05) is 24.3 Å². The third kappa shape index (κ3) is 3.04. The van der Waals surface area contributed by atoms with Crippen molar-refractivity contribution < 1.29 is 0 Å². The van der Waals surface area contributed by atoms with Gasteiger partial charge in [0.15, 0.2) is 0 Å². The van der Waals surface area contributed by atoms with Crippen LogP contribution in [0.25, 0.3) is 0 Å². The van der Waals surface area contributed by atoms with E-state index in [1.54, 1.807) is 6.07 Å². The van der Waals surface area contributed by atoms with E-state index in [0.29, 0.717) is 11.7 Å². The molecule has 1 aromatic heterocycles. The van der Waals surface area contributed by atoms with Crippen molar-refractivity contribution in [3.63, 3.8) is 0 Å². The molecule has 4 nitrogen and oxygen atoms in total. The van der Waals surface area contributed by atoms with E-state index >= 15 is 0 Å². The molecule has 2 aromatic rings. The Kier molecular flexibility index (Phi) is 4.24. The molecular formula is C18H20N4. The van der Waals surface area contributed by atoms with Crippen molar-refractivity contribution in [1.29, 1.82) is 5.26 Å². The summed E-state index contributed by atoms with van der Waals surface area (Å²) in [5.74, 6) is 0.874. The molecule has 2 heterocycles. The van der Waals surface area contributed by atoms with Crippen LogP contribution in [-0.4, -0.2) is 31.2 Å². The average molecular weight is 292 g/mol. The molecule has 0 spiro atoms. The summed E-state index contributed by atoms with van der Waals surface area (Å²) in [6, 6.07) is 18.7. The number of pyridine rings is 1. The number of para-hydroxylation sites is 1. The maximum absolute atomic E-state index is 9.01. The van der Waals surface area contributed by atoms with Crippen LogP contribution in [0.5, 0.6) is 0 Å². The SMILES string of the molecule is CN(c1cccc(C#N)n1)C1CCCN(c2ccccc2)C1. The van der Waals surface area contributed by atoms with Crippen molar-refractivity contribution in [3.8, 4) is 6.07 Å². The first kappa shape index (κ1) is 14.4. The van der Waals surface area contributed by atoms with Gasteiger partial charge in [0, 0.05) is 31.9 Å². The molecule has 1 saturated heterocycles. The zero-order valence-corrected chi connectivity index (χ0v) is 12.8. The smallest absolute Gasteiger partial charge is 0.142 e. The monoisotopic (exact) mass is 292 g/mol. The largest absolute Gasteiger partial charge is 0.369 e. The molecule has 1 aliphatic heterocycles. The van der Waals surface area contributed by atoms with Gasteiger partial charge in [-0.3, -0.25) is 0 Å². The topological polar surface area (TPSA) is 43.2 Å². The van der Waals surface area contributed by atoms with Crippen LogP contribution in [0, 0.1) is 11.3 Å². The number of aromatic nitrogens is 1. The predicted octanol–water partition coefficient (Wildman–Crippen LogP) is 3.06. The molecule has 112 valence electrons. The van der Waals surface area contributed by atoms with Gasteiger partial charge in [0.25, 0.3) is 0 Å². The number of nitrogens with zero attached hydrogens (tertiary/aromatic N) is 4. The summed E-state index contributed by atoms with van der Waals surface area (Å²) in [6.07, 6.45) is 2.32. The Morgan fingerprint density at radius 3 is 2.77 bits per heavy atom. The fraction of sp³-hybridized carbons (Fsp3) is 0.333. The molecule has 1 fully saturated rings. The van der Waals surface area contributed by atoms with E-state index < -0.39 is 0 Å². The number of piperidine rings is 1. The number of hydrogen-bond donors (Lipinski definition) is 0. The summed E-state index contributed by atoms with van der Waals surface area (Å²) in [4.78, 5) is 9.04. The van der Waals surface area contributed by atoms with E-state index in [-0.39, 0.29) is 0 Å². The first-order valence-corrected chi connectivity index (χ1v) is 7.68. The average Bonchev–Trinajstić information content (AvgIpc) is 2.62. The molecule has 1 unspecified atom stereocenters. The molecule has 0 saturated carbocycles. The molecule has 0 N–H and O–H groups in total. The van der Waals surface area contributed by atoms with Gasteiger partial charge in [-0.05, 0) is 37.1 Å².